The van der Waals surface area contributed by atoms with E-state index in [-0.39, 0.29) is 0 Å². The number of hydrogen-bond acceptors (Lipinski definition) is 2. The normalized spacial score (nSPS) is 14.3. The topological polar surface area (TPSA) is 15.6 Å². The first-order valence-electron chi connectivity index (χ1n) is 8.45. The van der Waals surface area contributed by atoms with Crippen LogP contribution in [0.5, 0.6) is 0 Å². The zero-order chi connectivity index (χ0) is 17.2. The Kier molecular flexibility index (Phi) is 3.95. The number of allylic oxidation sites excluding steroid dienone is 1. The molecule has 0 amide bonds. The van der Waals surface area contributed by atoms with Gasteiger partial charge in [-0.05, 0) is 29.8 Å². The van der Waals surface area contributed by atoms with Crippen LogP contribution in [-0.2, 0) is 0 Å². The van der Waals surface area contributed by atoms with Crippen LogP contribution in [-0.4, -0.2) is 19.8 Å². The van der Waals surface area contributed by atoms with Crippen molar-refractivity contribution in [2.75, 3.05) is 19.0 Å². The number of fused-ring (bicyclic) bond motifs is 1. The third-order valence-corrected chi connectivity index (χ3v) is 4.45. The summed E-state index contributed by atoms with van der Waals surface area (Å²) in [6.07, 6.45) is 2.23. The monoisotopic (exact) mass is 324 g/mol. The number of anilines is 1. The SMILES string of the molecule is CN(C)c1ccc(/C=C2\C(c3ccccc3)=Nc3ccccc32)cc1. The molecule has 122 valence electrons. The van der Waals surface area contributed by atoms with Crippen molar-refractivity contribution in [1.82, 2.24) is 0 Å². The number of nitrogens with zero attached hydrogens (tertiary/aromatic N) is 2. The van der Waals surface area contributed by atoms with Crippen molar-refractivity contribution in [3.05, 3.63) is 95.6 Å². The van der Waals surface area contributed by atoms with Gasteiger partial charge < -0.3 is 4.90 Å². The fourth-order valence-corrected chi connectivity index (χ4v) is 3.10. The van der Waals surface area contributed by atoms with Crippen molar-refractivity contribution in [2.24, 2.45) is 4.99 Å². The highest BCUT2D eigenvalue weighted by molar-refractivity contribution is 6.38. The highest BCUT2D eigenvalue weighted by Gasteiger charge is 2.21. The molecule has 0 radical (unpaired) electrons. The third-order valence-electron chi connectivity index (χ3n) is 4.45. The molecule has 4 rings (SSSR count). The average molecular weight is 324 g/mol. The molecular formula is C23H20N2. The summed E-state index contributed by atoms with van der Waals surface area (Å²) in [5.41, 5.74) is 7.98. The lowest BCUT2D eigenvalue weighted by atomic mass is 9.96. The Morgan fingerprint density at radius 1 is 0.760 bits per heavy atom. The molecule has 25 heavy (non-hydrogen) atoms. The van der Waals surface area contributed by atoms with E-state index < -0.39 is 0 Å². The largest absolute Gasteiger partial charge is 0.378 e. The summed E-state index contributed by atoms with van der Waals surface area (Å²) in [5, 5.41) is 0. The van der Waals surface area contributed by atoms with Gasteiger partial charge in [-0.25, -0.2) is 4.99 Å². The predicted molar refractivity (Wildman–Crippen MR) is 108 cm³/mol. The Balaban J connectivity index is 1.81. The lowest BCUT2D eigenvalue weighted by molar-refractivity contribution is 1.13. The van der Waals surface area contributed by atoms with Crippen molar-refractivity contribution in [1.29, 1.82) is 0 Å². The van der Waals surface area contributed by atoms with E-state index in [0.29, 0.717) is 0 Å². The molecule has 0 saturated heterocycles. The van der Waals surface area contributed by atoms with Crippen LogP contribution in [0.2, 0.25) is 0 Å². The third kappa shape index (κ3) is 2.99. The molecule has 0 atom stereocenters. The average Bonchev–Trinajstić information content (AvgIpc) is 3.02. The van der Waals surface area contributed by atoms with Crippen LogP contribution >= 0.6 is 0 Å². The fourth-order valence-electron chi connectivity index (χ4n) is 3.10. The van der Waals surface area contributed by atoms with Gasteiger partial charge in [0.2, 0.25) is 0 Å². The summed E-state index contributed by atoms with van der Waals surface area (Å²) >= 11 is 0. The molecule has 0 N–H and O–H groups in total. The zero-order valence-corrected chi connectivity index (χ0v) is 14.5. The van der Waals surface area contributed by atoms with Gasteiger partial charge >= 0.3 is 0 Å². The highest BCUT2D eigenvalue weighted by Crippen LogP contribution is 2.38. The first-order valence-corrected chi connectivity index (χ1v) is 8.45. The van der Waals surface area contributed by atoms with Crippen molar-refractivity contribution in [3.63, 3.8) is 0 Å². The number of para-hydroxylation sites is 1. The molecule has 0 fully saturated rings. The molecule has 1 aliphatic heterocycles. The van der Waals surface area contributed by atoms with Gasteiger partial charge in [-0.3, -0.25) is 0 Å². The summed E-state index contributed by atoms with van der Waals surface area (Å²) < 4.78 is 0. The minimum absolute atomic E-state index is 1.04. The number of benzene rings is 3. The van der Waals surface area contributed by atoms with Gasteiger partial charge in [-0.1, -0.05) is 60.7 Å². The minimum atomic E-state index is 1.04. The smallest absolute Gasteiger partial charge is 0.0788 e. The molecule has 0 aliphatic carbocycles. The fraction of sp³-hybridized carbons (Fsp3) is 0.0870. The standard InChI is InChI=1S/C23H20N2/c1-25(2)19-14-12-17(13-15-19)16-21-20-10-6-7-11-22(20)24-23(21)18-8-4-3-5-9-18/h3-16H,1-2H3/b21-16-. The summed E-state index contributed by atoms with van der Waals surface area (Å²) in [4.78, 5) is 7.00. The molecular weight excluding hydrogens is 304 g/mol. The molecule has 2 nitrogen and oxygen atoms in total. The van der Waals surface area contributed by atoms with E-state index in [2.05, 4.69) is 91.8 Å². The van der Waals surface area contributed by atoms with Gasteiger partial charge in [-0.2, -0.15) is 0 Å². The van der Waals surface area contributed by atoms with Crippen LogP contribution in [0.25, 0.3) is 11.6 Å². The van der Waals surface area contributed by atoms with E-state index in [9.17, 15) is 0 Å². The Labute approximate surface area is 148 Å². The summed E-state index contributed by atoms with van der Waals surface area (Å²) in [5.74, 6) is 0. The molecule has 3 aromatic carbocycles. The maximum absolute atomic E-state index is 4.89. The summed E-state index contributed by atoms with van der Waals surface area (Å²) in [6.45, 7) is 0. The Morgan fingerprint density at radius 2 is 1.44 bits per heavy atom. The molecule has 3 aromatic rings. The molecule has 0 aromatic heterocycles. The van der Waals surface area contributed by atoms with Crippen LogP contribution in [0.3, 0.4) is 0 Å². The van der Waals surface area contributed by atoms with Gasteiger partial charge in [0.05, 0.1) is 11.4 Å². The zero-order valence-electron chi connectivity index (χ0n) is 14.5. The lowest BCUT2D eigenvalue weighted by Gasteiger charge is -2.12. The van der Waals surface area contributed by atoms with Gasteiger partial charge in [-0.15, -0.1) is 0 Å². The predicted octanol–water partition coefficient (Wildman–Crippen LogP) is 5.43. The van der Waals surface area contributed by atoms with Crippen LogP contribution in [0.4, 0.5) is 11.4 Å². The van der Waals surface area contributed by atoms with Gasteiger partial charge in [0.1, 0.15) is 0 Å². The molecule has 0 saturated carbocycles. The van der Waals surface area contributed by atoms with Crippen LogP contribution in [0.1, 0.15) is 16.7 Å². The molecule has 1 heterocycles. The van der Waals surface area contributed by atoms with Crippen molar-refractivity contribution in [3.8, 4) is 0 Å². The maximum atomic E-state index is 4.89. The molecule has 0 bridgehead atoms. The minimum Gasteiger partial charge on any atom is -0.378 e. The first-order chi connectivity index (χ1) is 12.2. The van der Waals surface area contributed by atoms with Crippen molar-refractivity contribution in [2.45, 2.75) is 0 Å². The van der Waals surface area contributed by atoms with Crippen molar-refractivity contribution >= 4 is 28.7 Å². The van der Waals surface area contributed by atoms with E-state index in [1.165, 1.54) is 22.4 Å². The van der Waals surface area contributed by atoms with E-state index in [1.54, 1.807) is 0 Å². The van der Waals surface area contributed by atoms with E-state index in [4.69, 9.17) is 4.99 Å². The van der Waals surface area contributed by atoms with Gasteiger partial charge in [0.15, 0.2) is 0 Å². The maximum Gasteiger partial charge on any atom is 0.0788 e. The van der Waals surface area contributed by atoms with E-state index in [1.807, 2.05) is 12.1 Å². The quantitative estimate of drug-likeness (QED) is 0.627. The molecule has 0 spiro atoms. The highest BCUT2D eigenvalue weighted by atomic mass is 15.1. The van der Waals surface area contributed by atoms with Gasteiger partial charge in [0.25, 0.3) is 0 Å². The summed E-state index contributed by atoms with van der Waals surface area (Å²) in [7, 11) is 4.11. The number of rotatable bonds is 3. The first kappa shape index (κ1) is 15.4. The van der Waals surface area contributed by atoms with Crippen LogP contribution in [0.15, 0.2) is 83.9 Å². The van der Waals surface area contributed by atoms with E-state index in [0.717, 1.165) is 17.0 Å². The number of aliphatic imine (C=N–C) groups is 1. The van der Waals surface area contributed by atoms with Crippen LogP contribution in [0, 0.1) is 0 Å². The van der Waals surface area contributed by atoms with Crippen molar-refractivity contribution < 1.29 is 0 Å². The second kappa shape index (κ2) is 6.40. The van der Waals surface area contributed by atoms with E-state index >= 15 is 0 Å². The second-order valence-electron chi connectivity index (χ2n) is 6.39. The molecule has 1 aliphatic rings. The second-order valence-corrected chi connectivity index (χ2v) is 6.39. The van der Waals surface area contributed by atoms with Crippen LogP contribution < -0.4 is 4.90 Å². The Hall–Kier alpha value is -3.13. The molecule has 0 unspecified atom stereocenters. The number of hydrogen-bond donors (Lipinski definition) is 0. The van der Waals surface area contributed by atoms with Gasteiger partial charge in [0, 0.05) is 36.5 Å². The Morgan fingerprint density at radius 3 is 2.16 bits per heavy atom. The Bertz CT molecular complexity index is 949. The lowest BCUT2D eigenvalue weighted by Crippen LogP contribution is -2.08. The molecule has 2 heteroatoms. The summed E-state index contributed by atoms with van der Waals surface area (Å²) in [6, 6.07) is 27.3.